The molecule has 1 atom stereocenters. The molecule has 0 radical (unpaired) electrons. The Labute approximate surface area is 84.3 Å². The van der Waals surface area contributed by atoms with E-state index < -0.39 is 0 Å². The van der Waals surface area contributed by atoms with Crippen LogP contribution in [0.5, 0.6) is 0 Å². The molecule has 0 bridgehead atoms. The van der Waals surface area contributed by atoms with Crippen LogP contribution < -0.4 is 5.32 Å². The smallest absolute Gasteiger partial charge is 0.0897 e. The first-order chi connectivity index (χ1) is 6.16. The SMILES string of the molecule is CC(C)NCC(O)COCCC[SiH3]. The van der Waals surface area contributed by atoms with Gasteiger partial charge in [-0.3, -0.25) is 0 Å². The molecule has 0 aliphatic heterocycles. The second-order valence-electron chi connectivity index (χ2n) is 3.65. The third kappa shape index (κ3) is 10.0. The highest BCUT2D eigenvalue weighted by molar-refractivity contribution is 6.08. The van der Waals surface area contributed by atoms with Crippen molar-refractivity contribution in [1.82, 2.24) is 5.32 Å². The standard InChI is InChI=1S/C9H23NO2Si/c1-8(2)10-6-9(11)7-12-4-3-5-13/h8-11H,3-7H2,1-2,13H3. The Morgan fingerprint density at radius 2 is 2.15 bits per heavy atom. The minimum atomic E-state index is -0.364. The highest BCUT2D eigenvalue weighted by Crippen LogP contribution is 1.90. The Morgan fingerprint density at radius 1 is 1.46 bits per heavy atom. The van der Waals surface area contributed by atoms with Crippen LogP contribution >= 0.6 is 0 Å². The second kappa shape index (κ2) is 8.68. The molecule has 0 heterocycles. The number of hydrogen-bond acceptors (Lipinski definition) is 3. The summed E-state index contributed by atoms with van der Waals surface area (Å²) in [5.74, 6) is 0. The van der Waals surface area contributed by atoms with E-state index in [0.29, 0.717) is 19.2 Å². The van der Waals surface area contributed by atoms with Crippen molar-refractivity contribution >= 4 is 10.2 Å². The summed E-state index contributed by atoms with van der Waals surface area (Å²) in [4.78, 5) is 0. The lowest BCUT2D eigenvalue weighted by molar-refractivity contribution is 0.0365. The van der Waals surface area contributed by atoms with Gasteiger partial charge in [0.15, 0.2) is 0 Å². The second-order valence-corrected chi connectivity index (χ2v) is 4.65. The third-order valence-electron chi connectivity index (χ3n) is 1.71. The van der Waals surface area contributed by atoms with E-state index in [1.54, 1.807) is 0 Å². The molecule has 80 valence electrons. The van der Waals surface area contributed by atoms with E-state index in [9.17, 15) is 5.11 Å². The fraction of sp³-hybridized carbons (Fsp3) is 1.00. The number of aliphatic hydroxyl groups is 1. The zero-order chi connectivity index (χ0) is 10.1. The van der Waals surface area contributed by atoms with Gasteiger partial charge in [0.1, 0.15) is 0 Å². The van der Waals surface area contributed by atoms with Crippen molar-refractivity contribution in [2.45, 2.75) is 38.5 Å². The molecular formula is C9H23NO2Si. The lowest BCUT2D eigenvalue weighted by Crippen LogP contribution is -2.34. The molecule has 13 heavy (non-hydrogen) atoms. The maximum atomic E-state index is 9.42. The van der Waals surface area contributed by atoms with Crippen molar-refractivity contribution in [2.75, 3.05) is 19.8 Å². The Hall–Kier alpha value is 0.0969. The van der Waals surface area contributed by atoms with E-state index in [1.165, 1.54) is 16.3 Å². The minimum absolute atomic E-state index is 0.364. The van der Waals surface area contributed by atoms with Crippen molar-refractivity contribution in [3.05, 3.63) is 0 Å². The molecule has 0 fully saturated rings. The summed E-state index contributed by atoms with van der Waals surface area (Å²) < 4.78 is 5.30. The third-order valence-corrected chi connectivity index (χ3v) is 2.42. The summed E-state index contributed by atoms with van der Waals surface area (Å²) in [6, 6.07) is 1.71. The molecule has 0 aliphatic carbocycles. The largest absolute Gasteiger partial charge is 0.389 e. The average Bonchev–Trinajstić information content (AvgIpc) is 2.09. The number of aliphatic hydroxyl groups excluding tert-OH is 1. The van der Waals surface area contributed by atoms with Crippen LogP contribution in [0.1, 0.15) is 20.3 Å². The van der Waals surface area contributed by atoms with Crippen LogP contribution in [-0.4, -0.2) is 47.3 Å². The molecule has 0 saturated heterocycles. The molecule has 1 unspecified atom stereocenters. The molecule has 4 heteroatoms. The van der Waals surface area contributed by atoms with Crippen LogP contribution in [-0.2, 0) is 4.74 Å². The van der Waals surface area contributed by atoms with Crippen LogP contribution in [0.15, 0.2) is 0 Å². The van der Waals surface area contributed by atoms with E-state index in [-0.39, 0.29) is 6.10 Å². The highest BCUT2D eigenvalue weighted by atomic mass is 28.1. The molecule has 0 aromatic heterocycles. The zero-order valence-corrected chi connectivity index (χ0v) is 11.0. The first kappa shape index (κ1) is 13.1. The van der Waals surface area contributed by atoms with E-state index >= 15 is 0 Å². The first-order valence-electron chi connectivity index (χ1n) is 5.16. The van der Waals surface area contributed by atoms with Gasteiger partial charge >= 0.3 is 0 Å². The van der Waals surface area contributed by atoms with E-state index in [2.05, 4.69) is 19.2 Å². The van der Waals surface area contributed by atoms with E-state index in [4.69, 9.17) is 4.74 Å². The predicted molar refractivity (Wildman–Crippen MR) is 59.3 cm³/mol. The molecule has 0 aromatic carbocycles. The average molecular weight is 205 g/mol. The summed E-state index contributed by atoms with van der Waals surface area (Å²) in [5, 5.41) is 12.6. The molecule has 0 rings (SSSR count). The van der Waals surface area contributed by atoms with Gasteiger partial charge in [-0.1, -0.05) is 19.9 Å². The van der Waals surface area contributed by atoms with Crippen molar-refractivity contribution < 1.29 is 9.84 Å². The quantitative estimate of drug-likeness (QED) is 0.416. The van der Waals surface area contributed by atoms with Gasteiger partial charge in [0.05, 0.1) is 12.7 Å². The lowest BCUT2D eigenvalue weighted by Gasteiger charge is -2.13. The molecule has 0 aliphatic rings. The number of rotatable bonds is 8. The van der Waals surface area contributed by atoms with Crippen molar-refractivity contribution in [3.8, 4) is 0 Å². The summed E-state index contributed by atoms with van der Waals surface area (Å²) in [7, 11) is 1.25. The van der Waals surface area contributed by atoms with Gasteiger partial charge in [-0.15, -0.1) is 0 Å². The summed E-state index contributed by atoms with van der Waals surface area (Å²) in [5.41, 5.74) is 0. The maximum Gasteiger partial charge on any atom is 0.0897 e. The van der Waals surface area contributed by atoms with Crippen LogP contribution in [0.3, 0.4) is 0 Å². The van der Waals surface area contributed by atoms with Gasteiger partial charge in [-0.05, 0) is 6.42 Å². The Balaban J connectivity index is 3.15. The van der Waals surface area contributed by atoms with Gasteiger partial charge in [0, 0.05) is 29.4 Å². The van der Waals surface area contributed by atoms with Gasteiger partial charge in [-0.25, -0.2) is 0 Å². The van der Waals surface area contributed by atoms with Gasteiger partial charge in [0.2, 0.25) is 0 Å². The van der Waals surface area contributed by atoms with Crippen LogP contribution in [0, 0.1) is 0 Å². The molecule has 3 nitrogen and oxygen atoms in total. The molecule has 0 aromatic rings. The van der Waals surface area contributed by atoms with Crippen LogP contribution in [0.25, 0.3) is 0 Å². The zero-order valence-electron chi connectivity index (χ0n) is 9.05. The monoisotopic (exact) mass is 205 g/mol. The Kier molecular flexibility index (Phi) is 8.75. The van der Waals surface area contributed by atoms with Crippen molar-refractivity contribution in [1.29, 1.82) is 0 Å². The van der Waals surface area contributed by atoms with E-state index in [0.717, 1.165) is 13.0 Å². The fourth-order valence-electron chi connectivity index (χ4n) is 0.896. The fourth-order valence-corrected chi connectivity index (χ4v) is 1.19. The summed E-state index contributed by atoms with van der Waals surface area (Å²) in [6.45, 7) is 6.01. The maximum absolute atomic E-state index is 9.42. The molecule has 2 N–H and O–H groups in total. The Morgan fingerprint density at radius 3 is 2.69 bits per heavy atom. The van der Waals surface area contributed by atoms with Gasteiger partial charge < -0.3 is 15.2 Å². The summed E-state index contributed by atoms with van der Waals surface area (Å²) in [6.07, 6.45) is 0.771. The Bertz CT molecular complexity index is 112. The molecule has 0 spiro atoms. The molecule has 0 amide bonds. The van der Waals surface area contributed by atoms with Crippen molar-refractivity contribution in [3.63, 3.8) is 0 Å². The highest BCUT2D eigenvalue weighted by Gasteiger charge is 2.03. The number of nitrogens with one attached hydrogen (secondary N) is 1. The van der Waals surface area contributed by atoms with Gasteiger partial charge in [0.25, 0.3) is 0 Å². The summed E-state index contributed by atoms with van der Waals surface area (Å²) >= 11 is 0. The molecule has 0 saturated carbocycles. The van der Waals surface area contributed by atoms with E-state index in [1.807, 2.05) is 0 Å². The first-order valence-corrected chi connectivity index (χ1v) is 6.57. The topological polar surface area (TPSA) is 41.5 Å². The molecular weight excluding hydrogens is 182 g/mol. The predicted octanol–water partition coefficient (Wildman–Crippen LogP) is -0.464. The number of ether oxygens (including phenoxy) is 1. The van der Waals surface area contributed by atoms with Crippen molar-refractivity contribution in [2.24, 2.45) is 0 Å². The van der Waals surface area contributed by atoms with Crippen LogP contribution in [0.2, 0.25) is 6.04 Å². The van der Waals surface area contributed by atoms with Crippen LogP contribution in [0.4, 0.5) is 0 Å². The van der Waals surface area contributed by atoms with Gasteiger partial charge in [-0.2, -0.15) is 0 Å². The normalized spacial score (nSPS) is 13.8. The minimum Gasteiger partial charge on any atom is -0.389 e. The number of hydrogen-bond donors (Lipinski definition) is 2. The lowest BCUT2D eigenvalue weighted by atomic mass is 10.3.